The lowest BCUT2D eigenvalue weighted by molar-refractivity contribution is 0.198. The number of benzene rings is 1. The number of likely N-dealkylation sites (tertiary alicyclic amines) is 1. The topological polar surface area (TPSA) is 52.6 Å². The summed E-state index contributed by atoms with van der Waals surface area (Å²) in [4.78, 5) is 11.6. The normalized spacial score (nSPS) is 16.6. The van der Waals surface area contributed by atoms with E-state index >= 15 is 0 Å². The highest BCUT2D eigenvalue weighted by Gasteiger charge is 2.20. The molecule has 164 valence electrons. The standard InChI is InChI=1S/C23H34FN5S/c1-23(2,3)20-16-30-21(28-20)9-12-26-22(25-4)27-19-10-13-29(14-11-19)15-17-5-7-18(24)8-6-17/h5-8,16,19H,9-15H2,1-4H3,(H2,25,26,27). The van der Waals surface area contributed by atoms with Gasteiger partial charge in [-0.1, -0.05) is 32.9 Å². The van der Waals surface area contributed by atoms with Crippen LogP contribution in [0.4, 0.5) is 4.39 Å². The van der Waals surface area contributed by atoms with E-state index in [1.54, 1.807) is 11.3 Å². The van der Waals surface area contributed by atoms with Crippen LogP contribution in [0.25, 0.3) is 0 Å². The van der Waals surface area contributed by atoms with Gasteiger partial charge in [-0.05, 0) is 30.5 Å². The van der Waals surface area contributed by atoms with Crippen molar-refractivity contribution in [2.45, 2.75) is 58.0 Å². The van der Waals surface area contributed by atoms with Crippen molar-refractivity contribution < 1.29 is 4.39 Å². The van der Waals surface area contributed by atoms with Crippen LogP contribution in [0, 0.1) is 5.82 Å². The summed E-state index contributed by atoms with van der Waals surface area (Å²) >= 11 is 1.74. The zero-order chi connectivity index (χ0) is 21.6. The third-order valence-corrected chi connectivity index (χ3v) is 6.33. The molecule has 0 bridgehead atoms. The molecular formula is C23H34FN5S. The quantitative estimate of drug-likeness (QED) is 0.537. The highest BCUT2D eigenvalue weighted by Crippen LogP contribution is 2.23. The van der Waals surface area contributed by atoms with Crippen LogP contribution in [0.2, 0.25) is 0 Å². The highest BCUT2D eigenvalue weighted by atomic mass is 32.1. The van der Waals surface area contributed by atoms with Crippen molar-refractivity contribution in [3.05, 3.63) is 51.7 Å². The Morgan fingerprint density at radius 1 is 1.23 bits per heavy atom. The molecule has 0 radical (unpaired) electrons. The third-order valence-electron chi connectivity index (χ3n) is 5.42. The van der Waals surface area contributed by atoms with Gasteiger partial charge in [-0.2, -0.15) is 0 Å². The summed E-state index contributed by atoms with van der Waals surface area (Å²) in [6.07, 6.45) is 3.05. The third kappa shape index (κ3) is 6.77. The second kappa shape index (κ2) is 10.4. The fraction of sp³-hybridized carbons (Fsp3) is 0.565. The Bertz CT molecular complexity index is 817. The second-order valence-electron chi connectivity index (χ2n) is 8.95. The zero-order valence-corrected chi connectivity index (χ0v) is 19.4. The number of aromatic nitrogens is 1. The minimum absolute atomic E-state index is 0.103. The van der Waals surface area contributed by atoms with Gasteiger partial charge in [-0.3, -0.25) is 9.89 Å². The van der Waals surface area contributed by atoms with E-state index in [-0.39, 0.29) is 11.2 Å². The Morgan fingerprint density at radius 2 is 1.93 bits per heavy atom. The number of guanidine groups is 1. The summed E-state index contributed by atoms with van der Waals surface area (Å²) < 4.78 is 13.1. The Balaban J connectivity index is 1.38. The van der Waals surface area contributed by atoms with Crippen LogP contribution in [-0.2, 0) is 18.4 Å². The smallest absolute Gasteiger partial charge is 0.191 e. The number of nitrogens with one attached hydrogen (secondary N) is 2. The summed E-state index contributed by atoms with van der Waals surface area (Å²) in [6.45, 7) is 10.3. The molecule has 5 nitrogen and oxygen atoms in total. The van der Waals surface area contributed by atoms with Crippen molar-refractivity contribution in [3.63, 3.8) is 0 Å². The Morgan fingerprint density at radius 3 is 2.53 bits per heavy atom. The predicted molar refractivity (Wildman–Crippen MR) is 124 cm³/mol. The molecule has 0 spiro atoms. The number of piperidine rings is 1. The second-order valence-corrected chi connectivity index (χ2v) is 9.89. The average molecular weight is 432 g/mol. The van der Waals surface area contributed by atoms with Gasteiger partial charge in [0.2, 0.25) is 0 Å². The molecule has 1 aliphatic rings. The monoisotopic (exact) mass is 431 g/mol. The maximum atomic E-state index is 13.1. The van der Waals surface area contributed by atoms with Gasteiger partial charge in [0, 0.05) is 56.5 Å². The molecule has 1 aromatic heterocycles. The fourth-order valence-corrected chi connectivity index (χ4v) is 4.55. The number of rotatable bonds is 6. The highest BCUT2D eigenvalue weighted by molar-refractivity contribution is 7.09. The minimum atomic E-state index is -0.176. The van der Waals surface area contributed by atoms with Gasteiger partial charge in [0.05, 0.1) is 10.7 Å². The molecule has 1 aliphatic heterocycles. The first-order chi connectivity index (χ1) is 14.3. The summed E-state index contributed by atoms with van der Waals surface area (Å²) in [5.41, 5.74) is 2.43. The van der Waals surface area contributed by atoms with Crippen LogP contribution >= 0.6 is 11.3 Å². The van der Waals surface area contributed by atoms with Crippen LogP contribution in [-0.4, -0.2) is 48.6 Å². The van der Waals surface area contributed by atoms with Crippen LogP contribution in [0.3, 0.4) is 0 Å². The molecule has 1 saturated heterocycles. The van der Waals surface area contributed by atoms with Crippen molar-refractivity contribution in [1.82, 2.24) is 20.5 Å². The van der Waals surface area contributed by atoms with Gasteiger partial charge in [0.25, 0.3) is 0 Å². The van der Waals surface area contributed by atoms with Gasteiger partial charge in [-0.15, -0.1) is 11.3 Å². The number of hydrogen-bond acceptors (Lipinski definition) is 4. The van der Waals surface area contributed by atoms with E-state index in [1.165, 1.54) is 12.1 Å². The van der Waals surface area contributed by atoms with Crippen molar-refractivity contribution >= 4 is 17.3 Å². The maximum absolute atomic E-state index is 13.1. The minimum Gasteiger partial charge on any atom is -0.356 e. The lowest BCUT2D eigenvalue weighted by Gasteiger charge is -2.33. The first kappa shape index (κ1) is 22.7. The van der Waals surface area contributed by atoms with Gasteiger partial charge in [0.1, 0.15) is 5.82 Å². The average Bonchev–Trinajstić information content (AvgIpc) is 3.20. The molecule has 7 heteroatoms. The van der Waals surface area contributed by atoms with Crippen molar-refractivity contribution in [1.29, 1.82) is 0 Å². The van der Waals surface area contributed by atoms with Crippen LogP contribution in [0.5, 0.6) is 0 Å². The lowest BCUT2D eigenvalue weighted by atomic mass is 9.93. The van der Waals surface area contributed by atoms with Crippen LogP contribution < -0.4 is 10.6 Å². The van der Waals surface area contributed by atoms with Crippen molar-refractivity contribution in [3.8, 4) is 0 Å². The molecule has 1 aromatic carbocycles. The lowest BCUT2D eigenvalue weighted by Crippen LogP contribution is -2.48. The first-order valence-corrected chi connectivity index (χ1v) is 11.6. The number of aliphatic imine (C=N–C) groups is 1. The van der Waals surface area contributed by atoms with E-state index in [9.17, 15) is 4.39 Å². The van der Waals surface area contributed by atoms with Crippen LogP contribution in [0.15, 0.2) is 34.6 Å². The molecule has 2 heterocycles. The van der Waals surface area contributed by atoms with Gasteiger partial charge in [-0.25, -0.2) is 9.37 Å². The van der Waals surface area contributed by atoms with Gasteiger partial charge < -0.3 is 10.6 Å². The molecule has 2 aromatic rings. The molecule has 30 heavy (non-hydrogen) atoms. The van der Waals surface area contributed by atoms with E-state index in [4.69, 9.17) is 4.98 Å². The Hall–Kier alpha value is -1.99. The van der Waals surface area contributed by atoms with E-state index in [2.05, 4.69) is 46.7 Å². The van der Waals surface area contributed by atoms with Crippen molar-refractivity contribution in [2.24, 2.45) is 4.99 Å². The first-order valence-electron chi connectivity index (χ1n) is 10.7. The van der Waals surface area contributed by atoms with E-state index in [0.29, 0.717) is 6.04 Å². The SMILES string of the molecule is CN=C(NCCc1nc(C(C)(C)C)cs1)NC1CCN(Cc2ccc(F)cc2)CC1. The molecular weight excluding hydrogens is 397 g/mol. The van der Waals surface area contributed by atoms with E-state index < -0.39 is 0 Å². The summed E-state index contributed by atoms with van der Waals surface area (Å²) in [6, 6.07) is 7.24. The van der Waals surface area contributed by atoms with E-state index in [1.807, 2.05) is 19.2 Å². The molecule has 0 saturated carbocycles. The molecule has 2 N–H and O–H groups in total. The number of halogens is 1. The van der Waals surface area contributed by atoms with Gasteiger partial charge in [0.15, 0.2) is 5.96 Å². The number of nitrogens with zero attached hydrogens (tertiary/aromatic N) is 3. The zero-order valence-electron chi connectivity index (χ0n) is 18.5. The maximum Gasteiger partial charge on any atom is 0.191 e. The summed E-state index contributed by atoms with van der Waals surface area (Å²) in [7, 11) is 1.82. The molecule has 0 unspecified atom stereocenters. The Labute approximate surface area is 183 Å². The molecule has 1 fully saturated rings. The predicted octanol–water partition coefficient (Wildman–Crippen LogP) is 3.95. The van der Waals surface area contributed by atoms with Crippen molar-refractivity contribution in [2.75, 3.05) is 26.7 Å². The largest absolute Gasteiger partial charge is 0.356 e. The van der Waals surface area contributed by atoms with E-state index in [0.717, 1.165) is 67.7 Å². The number of thiazole rings is 1. The summed E-state index contributed by atoms with van der Waals surface area (Å²) in [5, 5.41) is 10.3. The van der Waals surface area contributed by atoms with Gasteiger partial charge >= 0.3 is 0 Å². The Kier molecular flexibility index (Phi) is 7.83. The molecule has 0 atom stereocenters. The molecule has 3 rings (SSSR count). The van der Waals surface area contributed by atoms with Crippen LogP contribution in [0.1, 0.15) is 49.9 Å². The number of hydrogen-bond donors (Lipinski definition) is 2. The molecule has 0 aliphatic carbocycles. The summed E-state index contributed by atoms with van der Waals surface area (Å²) in [5.74, 6) is 0.685. The molecule has 0 amide bonds. The fourth-order valence-electron chi connectivity index (χ4n) is 3.53.